The lowest BCUT2D eigenvalue weighted by Gasteiger charge is -2.05. The van der Waals surface area contributed by atoms with Gasteiger partial charge in [0.15, 0.2) is 0 Å². The molecule has 0 unspecified atom stereocenters. The molecule has 0 atom stereocenters. The van der Waals surface area contributed by atoms with Gasteiger partial charge in [0.1, 0.15) is 17.0 Å². The molecule has 0 aliphatic rings. The fourth-order valence-electron chi connectivity index (χ4n) is 1.42. The van der Waals surface area contributed by atoms with Crippen molar-refractivity contribution in [3.05, 3.63) is 34.7 Å². The summed E-state index contributed by atoms with van der Waals surface area (Å²) in [5.41, 5.74) is 5.57. The van der Waals surface area contributed by atoms with Crippen LogP contribution in [0.4, 0.5) is 5.69 Å². The third-order valence-electron chi connectivity index (χ3n) is 2.21. The van der Waals surface area contributed by atoms with Crippen LogP contribution in [0, 0.1) is 0 Å². The average molecular weight is 219 g/mol. The maximum absolute atomic E-state index is 11.2. The van der Waals surface area contributed by atoms with Gasteiger partial charge in [-0.15, -0.1) is 0 Å². The Morgan fingerprint density at radius 2 is 2.19 bits per heavy atom. The van der Waals surface area contributed by atoms with Crippen molar-refractivity contribution in [3.8, 4) is 5.75 Å². The molecule has 0 aliphatic carbocycles. The first-order valence-corrected chi connectivity index (χ1v) is 5.17. The number of hydrogen-bond acceptors (Lipinski definition) is 4. The van der Waals surface area contributed by atoms with Gasteiger partial charge < -0.3 is 14.9 Å². The van der Waals surface area contributed by atoms with Crippen molar-refractivity contribution in [3.63, 3.8) is 0 Å². The van der Waals surface area contributed by atoms with Crippen LogP contribution in [0.1, 0.15) is 13.3 Å². The van der Waals surface area contributed by atoms with E-state index in [9.17, 15) is 4.79 Å². The number of nitrogen functional groups attached to an aromatic ring is 1. The van der Waals surface area contributed by atoms with Crippen molar-refractivity contribution in [2.24, 2.45) is 0 Å². The number of anilines is 1. The zero-order chi connectivity index (χ0) is 11.5. The molecule has 0 saturated heterocycles. The van der Waals surface area contributed by atoms with Gasteiger partial charge in [0.25, 0.3) is 0 Å². The number of benzene rings is 1. The molecule has 0 aliphatic heterocycles. The third-order valence-corrected chi connectivity index (χ3v) is 2.21. The summed E-state index contributed by atoms with van der Waals surface area (Å²) in [5, 5.41) is 0.793. The van der Waals surface area contributed by atoms with Crippen LogP contribution in [0.25, 0.3) is 11.0 Å². The fraction of sp³-hybridized carbons (Fsp3) is 0.250. The molecule has 0 saturated carbocycles. The smallest absolute Gasteiger partial charge is 0.359 e. The second-order valence-electron chi connectivity index (χ2n) is 3.54. The predicted molar refractivity (Wildman–Crippen MR) is 62.7 cm³/mol. The lowest BCUT2D eigenvalue weighted by molar-refractivity contribution is 0.317. The average Bonchev–Trinajstić information content (AvgIpc) is 2.28. The molecule has 16 heavy (non-hydrogen) atoms. The molecule has 1 aromatic carbocycles. The normalized spacial score (nSPS) is 10.6. The van der Waals surface area contributed by atoms with E-state index in [0.29, 0.717) is 17.9 Å². The Kier molecular flexibility index (Phi) is 2.81. The summed E-state index contributed by atoms with van der Waals surface area (Å²) in [7, 11) is 0. The standard InChI is InChI=1S/C12H13NO3/c1-2-5-15-9-4-3-8-6-10(13)12(14)16-11(8)7-9/h3-4,6-7H,2,5,13H2,1H3. The molecule has 0 radical (unpaired) electrons. The minimum absolute atomic E-state index is 0.120. The van der Waals surface area contributed by atoms with E-state index in [1.165, 1.54) is 0 Å². The fourth-order valence-corrected chi connectivity index (χ4v) is 1.42. The van der Waals surface area contributed by atoms with E-state index in [1.807, 2.05) is 19.1 Å². The first kappa shape index (κ1) is 10.5. The van der Waals surface area contributed by atoms with E-state index in [2.05, 4.69) is 0 Å². The molecular formula is C12H13NO3. The van der Waals surface area contributed by atoms with E-state index in [0.717, 1.165) is 11.8 Å². The third kappa shape index (κ3) is 2.00. The van der Waals surface area contributed by atoms with Crippen LogP contribution < -0.4 is 16.1 Å². The molecule has 2 N–H and O–H groups in total. The lowest BCUT2D eigenvalue weighted by Crippen LogP contribution is -2.05. The zero-order valence-electron chi connectivity index (χ0n) is 9.03. The van der Waals surface area contributed by atoms with Crippen LogP contribution in [0.3, 0.4) is 0 Å². The molecule has 0 amide bonds. The van der Waals surface area contributed by atoms with Gasteiger partial charge in [-0.1, -0.05) is 6.92 Å². The van der Waals surface area contributed by atoms with Crippen molar-refractivity contribution >= 4 is 16.7 Å². The highest BCUT2D eigenvalue weighted by Crippen LogP contribution is 2.20. The van der Waals surface area contributed by atoms with E-state index in [4.69, 9.17) is 14.9 Å². The predicted octanol–water partition coefficient (Wildman–Crippen LogP) is 2.16. The van der Waals surface area contributed by atoms with E-state index < -0.39 is 5.63 Å². The summed E-state index contributed by atoms with van der Waals surface area (Å²) >= 11 is 0. The molecule has 84 valence electrons. The van der Waals surface area contributed by atoms with Crippen molar-refractivity contribution in [1.82, 2.24) is 0 Å². The Balaban J connectivity index is 2.45. The van der Waals surface area contributed by atoms with Gasteiger partial charge in [0.05, 0.1) is 6.61 Å². The van der Waals surface area contributed by atoms with Gasteiger partial charge in [-0.2, -0.15) is 0 Å². The molecule has 4 nitrogen and oxygen atoms in total. The largest absolute Gasteiger partial charge is 0.493 e. The topological polar surface area (TPSA) is 65.5 Å². The number of ether oxygens (including phenoxy) is 1. The minimum atomic E-state index is -0.514. The van der Waals surface area contributed by atoms with Gasteiger partial charge >= 0.3 is 5.63 Å². The molecule has 1 aromatic heterocycles. The van der Waals surface area contributed by atoms with E-state index in [-0.39, 0.29) is 5.69 Å². The summed E-state index contributed by atoms with van der Waals surface area (Å²) < 4.78 is 10.5. The Bertz CT molecular complexity index is 560. The van der Waals surface area contributed by atoms with E-state index in [1.54, 1.807) is 12.1 Å². The molecule has 1 heterocycles. The molecule has 0 spiro atoms. The summed E-state index contributed by atoms with van der Waals surface area (Å²) in [6.07, 6.45) is 0.934. The summed E-state index contributed by atoms with van der Waals surface area (Å²) in [6.45, 7) is 2.67. The Morgan fingerprint density at radius 3 is 2.94 bits per heavy atom. The molecule has 2 aromatic rings. The number of fused-ring (bicyclic) bond motifs is 1. The van der Waals surface area contributed by atoms with Crippen LogP contribution >= 0.6 is 0 Å². The molecule has 0 bridgehead atoms. The SMILES string of the molecule is CCCOc1ccc2cc(N)c(=O)oc2c1. The van der Waals surface area contributed by atoms with Gasteiger partial charge in [0.2, 0.25) is 0 Å². The summed E-state index contributed by atoms with van der Waals surface area (Å²) in [5.74, 6) is 0.697. The van der Waals surface area contributed by atoms with E-state index >= 15 is 0 Å². The van der Waals surface area contributed by atoms with Crippen LogP contribution in [0.5, 0.6) is 5.75 Å². The van der Waals surface area contributed by atoms with Crippen LogP contribution in [0.2, 0.25) is 0 Å². The second-order valence-corrected chi connectivity index (χ2v) is 3.54. The zero-order valence-corrected chi connectivity index (χ0v) is 9.03. The van der Waals surface area contributed by atoms with Crippen LogP contribution in [-0.4, -0.2) is 6.61 Å². The van der Waals surface area contributed by atoms with Gasteiger partial charge in [-0.25, -0.2) is 4.79 Å². The van der Waals surface area contributed by atoms with Crippen molar-refractivity contribution in [2.45, 2.75) is 13.3 Å². The number of hydrogen-bond donors (Lipinski definition) is 1. The highest BCUT2D eigenvalue weighted by Gasteiger charge is 2.03. The van der Waals surface area contributed by atoms with Gasteiger partial charge in [-0.05, 0) is 24.6 Å². The minimum Gasteiger partial charge on any atom is -0.493 e. The first-order valence-electron chi connectivity index (χ1n) is 5.17. The van der Waals surface area contributed by atoms with Crippen LogP contribution in [-0.2, 0) is 0 Å². The van der Waals surface area contributed by atoms with Crippen molar-refractivity contribution < 1.29 is 9.15 Å². The molecule has 2 rings (SSSR count). The molecule has 0 fully saturated rings. The number of nitrogens with two attached hydrogens (primary N) is 1. The van der Waals surface area contributed by atoms with Gasteiger partial charge in [-0.3, -0.25) is 0 Å². The quantitative estimate of drug-likeness (QED) is 0.803. The Hall–Kier alpha value is -1.97. The highest BCUT2D eigenvalue weighted by molar-refractivity contribution is 5.80. The summed E-state index contributed by atoms with van der Waals surface area (Å²) in [4.78, 5) is 11.2. The second kappa shape index (κ2) is 4.26. The first-order chi connectivity index (χ1) is 7.70. The highest BCUT2D eigenvalue weighted by atomic mass is 16.5. The van der Waals surface area contributed by atoms with Crippen LogP contribution in [0.15, 0.2) is 33.5 Å². The maximum Gasteiger partial charge on any atom is 0.359 e. The molecular weight excluding hydrogens is 206 g/mol. The molecule has 4 heteroatoms. The maximum atomic E-state index is 11.2. The number of rotatable bonds is 3. The van der Waals surface area contributed by atoms with Crippen molar-refractivity contribution in [1.29, 1.82) is 0 Å². The summed E-state index contributed by atoms with van der Waals surface area (Å²) in [6, 6.07) is 6.95. The Morgan fingerprint density at radius 1 is 1.38 bits per heavy atom. The monoisotopic (exact) mass is 219 g/mol. The van der Waals surface area contributed by atoms with Gasteiger partial charge in [0, 0.05) is 11.5 Å². The van der Waals surface area contributed by atoms with Crippen molar-refractivity contribution in [2.75, 3.05) is 12.3 Å². The Labute approximate surface area is 92.6 Å². The lowest BCUT2D eigenvalue weighted by atomic mass is 10.2.